The van der Waals surface area contributed by atoms with Crippen LogP contribution < -0.4 is 10.1 Å². The van der Waals surface area contributed by atoms with Crippen molar-refractivity contribution in [2.24, 2.45) is 0 Å². The molecule has 0 aromatic heterocycles. The molecule has 0 aliphatic heterocycles. The summed E-state index contributed by atoms with van der Waals surface area (Å²) in [4.78, 5) is 0. The summed E-state index contributed by atoms with van der Waals surface area (Å²) in [5.41, 5.74) is 1.51. The zero-order chi connectivity index (χ0) is 14.5. The smallest absolute Gasteiger partial charge is 0.147 e. The summed E-state index contributed by atoms with van der Waals surface area (Å²) in [6, 6.07) is 12.7. The molecule has 0 radical (unpaired) electrons. The van der Waals surface area contributed by atoms with Crippen LogP contribution in [-0.4, -0.2) is 6.10 Å². The van der Waals surface area contributed by atoms with E-state index in [0.29, 0.717) is 16.7 Å². The number of hydrogen-bond donors (Lipinski definition) is 1. The molecule has 0 saturated heterocycles. The van der Waals surface area contributed by atoms with Gasteiger partial charge in [0.15, 0.2) is 0 Å². The van der Waals surface area contributed by atoms with E-state index in [1.165, 1.54) is 6.07 Å². The Bertz CT molecular complexity index is 566. The van der Waals surface area contributed by atoms with Gasteiger partial charge in [0, 0.05) is 11.0 Å². The van der Waals surface area contributed by atoms with Gasteiger partial charge in [0.25, 0.3) is 0 Å². The van der Waals surface area contributed by atoms with Crippen molar-refractivity contribution in [1.82, 2.24) is 0 Å². The van der Waals surface area contributed by atoms with E-state index in [9.17, 15) is 4.39 Å². The number of anilines is 1. The molecule has 0 spiro atoms. The predicted molar refractivity (Wildman–Crippen MR) is 83.6 cm³/mol. The van der Waals surface area contributed by atoms with Gasteiger partial charge < -0.3 is 10.1 Å². The number of halogens is 2. The number of hydrogen-bond acceptors (Lipinski definition) is 2. The summed E-state index contributed by atoms with van der Waals surface area (Å²) in [7, 11) is 0. The number of para-hydroxylation sites is 1. The molecule has 0 aliphatic rings. The first kappa shape index (κ1) is 14.9. The van der Waals surface area contributed by atoms with Crippen LogP contribution in [-0.2, 0) is 6.54 Å². The van der Waals surface area contributed by atoms with Crippen molar-refractivity contribution in [2.45, 2.75) is 26.5 Å². The van der Waals surface area contributed by atoms with Crippen LogP contribution in [0, 0.1) is 5.82 Å². The van der Waals surface area contributed by atoms with Crippen molar-refractivity contribution in [2.75, 3.05) is 5.32 Å². The molecular weight excluding hydrogens is 321 g/mol. The molecule has 0 aliphatic carbocycles. The molecule has 4 heteroatoms. The highest BCUT2D eigenvalue weighted by molar-refractivity contribution is 9.10. The first-order valence-corrected chi connectivity index (χ1v) is 7.29. The Morgan fingerprint density at radius 2 is 1.95 bits per heavy atom. The fourth-order valence-corrected chi connectivity index (χ4v) is 2.34. The highest BCUT2D eigenvalue weighted by atomic mass is 79.9. The number of ether oxygens (including phenoxy) is 1. The third-order valence-corrected chi connectivity index (χ3v) is 3.36. The Morgan fingerprint density at radius 1 is 1.20 bits per heavy atom. The Kier molecular flexibility index (Phi) is 5.01. The normalized spacial score (nSPS) is 10.7. The van der Waals surface area contributed by atoms with Crippen LogP contribution in [0.4, 0.5) is 10.1 Å². The van der Waals surface area contributed by atoms with Gasteiger partial charge in [0.1, 0.15) is 11.6 Å². The van der Waals surface area contributed by atoms with Crippen molar-refractivity contribution in [1.29, 1.82) is 0 Å². The van der Waals surface area contributed by atoms with Crippen LogP contribution in [0.15, 0.2) is 46.9 Å². The quantitative estimate of drug-likeness (QED) is 0.829. The Labute approximate surface area is 127 Å². The van der Waals surface area contributed by atoms with Crippen LogP contribution in [0.25, 0.3) is 0 Å². The number of nitrogens with one attached hydrogen (secondary N) is 1. The predicted octanol–water partition coefficient (Wildman–Crippen LogP) is 4.99. The monoisotopic (exact) mass is 337 g/mol. The Balaban J connectivity index is 2.07. The lowest BCUT2D eigenvalue weighted by molar-refractivity contribution is 0.242. The molecule has 2 aromatic rings. The summed E-state index contributed by atoms with van der Waals surface area (Å²) in [6.45, 7) is 4.51. The van der Waals surface area contributed by atoms with Gasteiger partial charge in [-0.2, -0.15) is 0 Å². The topological polar surface area (TPSA) is 21.3 Å². The largest absolute Gasteiger partial charge is 0.491 e. The van der Waals surface area contributed by atoms with E-state index < -0.39 is 0 Å². The first-order chi connectivity index (χ1) is 9.56. The summed E-state index contributed by atoms with van der Waals surface area (Å²) < 4.78 is 20.0. The minimum Gasteiger partial charge on any atom is -0.491 e. The van der Waals surface area contributed by atoms with Gasteiger partial charge in [-0.05, 0) is 59.6 Å². The van der Waals surface area contributed by atoms with Crippen molar-refractivity contribution >= 4 is 21.6 Å². The number of benzene rings is 2. The maximum atomic E-state index is 13.7. The fraction of sp³-hybridized carbons (Fsp3) is 0.250. The highest BCUT2D eigenvalue weighted by Crippen LogP contribution is 2.26. The molecule has 2 aromatic carbocycles. The van der Waals surface area contributed by atoms with Crippen LogP contribution in [0.2, 0.25) is 0 Å². The number of rotatable bonds is 5. The van der Waals surface area contributed by atoms with Crippen molar-refractivity contribution in [3.63, 3.8) is 0 Å². The molecule has 0 unspecified atom stereocenters. The minimum atomic E-state index is -0.269. The molecular formula is C16H17BrFNO. The second-order valence-corrected chi connectivity index (χ2v) is 5.62. The van der Waals surface area contributed by atoms with E-state index in [1.807, 2.05) is 44.2 Å². The van der Waals surface area contributed by atoms with Crippen LogP contribution in [0.3, 0.4) is 0 Å². The van der Waals surface area contributed by atoms with Crippen LogP contribution in [0.1, 0.15) is 19.4 Å². The second kappa shape index (κ2) is 6.75. The fourth-order valence-electron chi connectivity index (χ4n) is 1.86. The van der Waals surface area contributed by atoms with Crippen molar-refractivity contribution < 1.29 is 9.13 Å². The third kappa shape index (κ3) is 3.97. The van der Waals surface area contributed by atoms with Gasteiger partial charge in [0.2, 0.25) is 0 Å². The average Bonchev–Trinajstić information content (AvgIpc) is 2.38. The molecule has 0 amide bonds. The lowest BCUT2D eigenvalue weighted by Gasteiger charge is -2.12. The zero-order valence-electron chi connectivity index (χ0n) is 11.5. The Hall–Kier alpha value is -1.55. The molecule has 20 heavy (non-hydrogen) atoms. The second-order valence-electron chi connectivity index (χ2n) is 4.76. The maximum absolute atomic E-state index is 13.7. The van der Waals surface area contributed by atoms with Crippen LogP contribution in [0.5, 0.6) is 5.75 Å². The van der Waals surface area contributed by atoms with Crippen molar-refractivity contribution in [3.8, 4) is 5.75 Å². The van der Waals surface area contributed by atoms with E-state index >= 15 is 0 Å². The van der Waals surface area contributed by atoms with Crippen molar-refractivity contribution in [3.05, 3.63) is 58.3 Å². The molecule has 106 valence electrons. The summed E-state index contributed by atoms with van der Waals surface area (Å²) >= 11 is 3.34. The van der Waals surface area contributed by atoms with E-state index in [1.54, 1.807) is 6.07 Å². The van der Waals surface area contributed by atoms with E-state index in [-0.39, 0.29) is 11.9 Å². The molecule has 0 fully saturated rings. The molecule has 1 N–H and O–H groups in total. The van der Waals surface area contributed by atoms with E-state index in [2.05, 4.69) is 21.2 Å². The molecule has 2 rings (SSSR count). The standard InChI is InChI=1S/C16H17BrFNO/c1-11(2)20-13-6-3-5-12(9-13)10-19-16-14(17)7-4-8-15(16)18/h3-9,11,19H,10H2,1-2H3. The van der Waals surface area contributed by atoms with Gasteiger partial charge in [-0.15, -0.1) is 0 Å². The average molecular weight is 338 g/mol. The van der Waals surface area contributed by atoms with Gasteiger partial charge in [0.05, 0.1) is 11.8 Å². The summed E-state index contributed by atoms with van der Waals surface area (Å²) in [5.74, 6) is 0.556. The van der Waals surface area contributed by atoms with Gasteiger partial charge in [-0.1, -0.05) is 18.2 Å². The summed E-state index contributed by atoms with van der Waals surface area (Å²) in [5, 5.41) is 3.10. The first-order valence-electron chi connectivity index (χ1n) is 6.49. The highest BCUT2D eigenvalue weighted by Gasteiger charge is 2.06. The lowest BCUT2D eigenvalue weighted by Crippen LogP contribution is -2.06. The molecule has 0 atom stereocenters. The third-order valence-electron chi connectivity index (χ3n) is 2.70. The summed E-state index contributed by atoms with van der Waals surface area (Å²) in [6.07, 6.45) is 0.138. The van der Waals surface area contributed by atoms with Crippen LogP contribution >= 0.6 is 15.9 Å². The van der Waals surface area contributed by atoms with E-state index in [0.717, 1.165) is 11.3 Å². The lowest BCUT2D eigenvalue weighted by atomic mass is 10.2. The van der Waals surface area contributed by atoms with E-state index in [4.69, 9.17) is 4.74 Å². The molecule has 0 heterocycles. The SMILES string of the molecule is CC(C)Oc1cccc(CNc2c(F)cccc2Br)c1. The van der Waals surface area contributed by atoms with Gasteiger partial charge in [-0.3, -0.25) is 0 Å². The maximum Gasteiger partial charge on any atom is 0.147 e. The Morgan fingerprint density at radius 3 is 2.65 bits per heavy atom. The van der Waals surface area contributed by atoms with Gasteiger partial charge >= 0.3 is 0 Å². The van der Waals surface area contributed by atoms with Gasteiger partial charge in [-0.25, -0.2) is 4.39 Å². The molecule has 0 bridgehead atoms. The minimum absolute atomic E-state index is 0.138. The molecule has 2 nitrogen and oxygen atoms in total. The zero-order valence-corrected chi connectivity index (χ0v) is 13.1. The molecule has 0 saturated carbocycles.